The van der Waals surface area contributed by atoms with Crippen LogP contribution in [0.4, 0.5) is 5.69 Å². The van der Waals surface area contributed by atoms with Crippen LogP contribution in [0.5, 0.6) is 0 Å². The highest BCUT2D eigenvalue weighted by atomic mass is 16.2. The van der Waals surface area contributed by atoms with Gasteiger partial charge in [0, 0.05) is 18.7 Å². The van der Waals surface area contributed by atoms with Gasteiger partial charge < -0.3 is 4.90 Å². The van der Waals surface area contributed by atoms with Gasteiger partial charge in [-0.2, -0.15) is 0 Å². The zero-order chi connectivity index (χ0) is 13.2. The molecule has 2 nitrogen and oxygen atoms in total. The number of nitrogens with zero attached hydrogens (tertiary/aromatic N) is 1. The number of rotatable bonds is 8. The SMILES string of the molecule is C=CCN(C(=O)CCCCCC)c1ccccc1. The molecule has 98 valence electrons. The average Bonchev–Trinajstić information content (AvgIpc) is 2.41. The number of benzene rings is 1. The van der Waals surface area contributed by atoms with E-state index in [1.165, 1.54) is 12.8 Å². The van der Waals surface area contributed by atoms with Gasteiger partial charge in [-0.25, -0.2) is 0 Å². The van der Waals surface area contributed by atoms with E-state index in [0.717, 1.165) is 18.5 Å². The van der Waals surface area contributed by atoms with Crippen LogP contribution in [0.15, 0.2) is 43.0 Å². The maximum absolute atomic E-state index is 12.2. The Kier molecular flexibility index (Phi) is 6.85. The molecule has 0 unspecified atom stereocenters. The molecule has 1 rings (SSSR count). The lowest BCUT2D eigenvalue weighted by atomic mass is 10.1. The van der Waals surface area contributed by atoms with Gasteiger partial charge in [0.25, 0.3) is 0 Å². The fourth-order valence-electron chi connectivity index (χ4n) is 1.93. The molecule has 0 aliphatic carbocycles. The van der Waals surface area contributed by atoms with Gasteiger partial charge in [-0.1, -0.05) is 50.5 Å². The van der Waals surface area contributed by atoms with Gasteiger partial charge in [-0.05, 0) is 18.6 Å². The van der Waals surface area contributed by atoms with Crippen LogP contribution in [0.3, 0.4) is 0 Å². The molecule has 0 aliphatic rings. The maximum Gasteiger partial charge on any atom is 0.227 e. The first-order valence-corrected chi connectivity index (χ1v) is 6.76. The van der Waals surface area contributed by atoms with Gasteiger partial charge in [0.15, 0.2) is 0 Å². The van der Waals surface area contributed by atoms with Crippen molar-refractivity contribution in [2.45, 2.75) is 39.0 Å². The Hall–Kier alpha value is -1.57. The predicted molar refractivity (Wildman–Crippen MR) is 77.8 cm³/mol. The monoisotopic (exact) mass is 245 g/mol. The van der Waals surface area contributed by atoms with Crippen molar-refractivity contribution in [2.24, 2.45) is 0 Å². The summed E-state index contributed by atoms with van der Waals surface area (Å²) in [5.41, 5.74) is 0.956. The van der Waals surface area contributed by atoms with Crippen LogP contribution in [0, 0.1) is 0 Å². The van der Waals surface area contributed by atoms with Crippen molar-refractivity contribution in [3.05, 3.63) is 43.0 Å². The van der Waals surface area contributed by atoms with Crippen molar-refractivity contribution in [3.63, 3.8) is 0 Å². The van der Waals surface area contributed by atoms with Gasteiger partial charge in [0.05, 0.1) is 0 Å². The van der Waals surface area contributed by atoms with E-state index in [1.807, 2.05) is 30.3 Å². The summed E-state index contributed by atoms with van der Waals surface area (Å²) in [4.78, 5) is 14.0. The summed E-state index contributed by atoms with van der Waals surface area (Å²) in [7, 11) is 0. The molecule has 0 bridgehead atoms. The Morgan fingerprint density at radius 1 is 1.22 bits per heavy atom. The number of hydrogen-bond donors (Lipinski definition) is 0. The van der Waals surface area contributed by atoms with Crippen LogP contribution in [0.25, 0.3) is 0 Å². The van der Waals surface area contributed by atoms with E-state index >= 15 is 0 Å². The molecule has 0 fully saturated rings. The van der Waals surface area contributed by atoms with Crippen LogP contribution in [0.2, 0.25) is 0 Å². The predicted octanol–water partition coefficient (Wildman–Crippen LogP) is 4.18. The second-order valence-electron chi connectivity index (χ2n) is 4.44. The molecule has 0 aromatic heterocycles. The zero-order valence-electron chi connectivity index (χ0n) is 11.3. The van der Waals surface area contributed by atoms with Gasteiger partial charge in [0.2, 0.25) is 5.91 Å². The lowest BCUT2D eigenvalue weighted by Crippen LogP contribution is -2.30. The van der Waals surface area contributed by atoms with Crippen molar-refractivity contribution in [1.29, 1.82) is 0 Å². The van der Waals surface area contributed by atoms with Crippen molar-refractivity contribution in [1.82, 2.24) is 0 Å². The van der Waals surface area contributed by atoms with E-state index in [9.17, 15) is 4.79 Å². The molecule has 18 heavy (non-hydrogen) atoms. The lowest BCUT2D eigenvalue weighted by Gasteiger charge is -2.21. The van der Waals surface area contributed by atoms with Crippen molar-refractivity contribution >= 4 is 11.6 Å². The van der Waals surface area contributed by atoms with Crippen LogP contribution in [-0.4, -0.2) is 12.5 Å². The minimum atomic E-state index is 0.192. The molecular weight excluding hydrogens is 222 g/mol. The third-order valence-corrected chi connectivity index (χ3v) is 2.92. The second-order valence-corrected chi connectivity index (χ2v) is 4.44. The third-order valence-electron chi connectivity index (χ3n) is 2.92. The van der Waals surface area contributed by atoms with Crippen LogP contribution in [-0.2, 0) is 4.79 Å². The number of anilines is 1. The van der Waals surface area contributed by atoms with E-state index < -0.39 is 0 Å². The largest absolute Gasteiger partial charge is 0.309 e. The standard InChI is InChI=1S/C16H23NO/c1-3-5-6-10-13-16(18)17(14-4-2)15-11-8-7-9-12-15/h4,7-9,11-12H,2-3,5-6,10,13-14H2,1H3. The fraction of sp³-hybridized carbons (Fsp3) is 0.438. The molecule has 0 saturated heterocycles. The molecule has 0 spiro atoms. The van der Waals surface area contributed by atoms with Crippen molar-refractivity contribution in [2.75, 3.05) is 11.4 Å². The number of hydrogen-bond acceptors (Lipinski definition) is 1. The Bertz CT molecular complexity index is 359. The highest BCUT2D eigenvalue weighted by Crippen LogP contribution is 2.15. The van der Waals surface area contributed by atoms with Gasteiger partial charge in [-0.15, -0.1) is 6.58 Å². The van der Waals surface area contributed by atoms with Gasteiger partial charge >= 0.3 is 0 Å². The molecule has 2 heteroatoms. The molecule has 0 aliphatic heterocycles. The Balaban J connectivity index is 2.56. The molecule has 0 atom stereocenters. The van der Waals surface area contributed by atoms with E-state index in [2.05, 4.69) is 13.5 Å². The fourth-order valence-corrected chi connectivity index (χ4v) is 1.93. The Morgan fingerprint density at radius 3 is 2.56 bits per heavy atom. The van der Waals surface area contributed by atoms with E-state index in [4.69, 9.17) is 0 Å². The Labute approximate surface area is 110 Å². The molecule has 0 saturated carbocycles. The third kappa shape index (κ3) is 4.74. The first kappa shape index (κ1) is 14.5. The van der Waals surface area contributed by atoms with Crippen molar-refractivity contribution < 1.29 is 4.79 Å². The first-order valence-electron chi connectivity index (χ1n) is 6.76. The van der Waals surface area contributed by atoms with E-state index in [1.54, 1.807) is 11.0 Å². The molecule has 1 aromatic carbocycles. The number of para-hydroxylation sites is 1. The average molecular weight is 245 g/mol. The number of amides is 1. The number of unbranched alkanes of at least 4 members (excludes halogenated alkanes) is 3. The lowest BCUT2D eigenvalue weighted by molar-refractivity contribution is -0.118. The molecule has 1 aromatic rings. The van der Waals surface area contributed by atoms with E-state index in [0.29, 0.717) is 13.0 Å². The summed E-state index contributed by atoms with van der Waals surface area (Å²) >= 11 is 0. The highest BCUT2D eigenvalue weighted by Gasteiger charge is 2.13. The Morgan fingerprint density at radius 2 is 1.94 bits per heavy atom. The maximum atomic E-state index is 12.2. The molecule has 1 amide bonds. The highest BCUT2D eigenvalue weighted by molar-refractivity contribution is 5.93. The molecule has 0 heterocycles. The van der Waals surface area contributed by atoms with Crippen molar-refractivity contribution in [3.8, 4) is 0 Å². The molecular formula is C16H23NO. The summed E-state index contributed by atoms with van der Waals surface area (Å²) in [6.45, 7) is 6.48. The van der Waals surface area contributed by atoms with Crippen LogP contribution in [0.1, 0.15) is 39.0 Å². The number of carbonyl (C=O) groups is 1. The summed E-state index contributed by atoms with van der Waals surface area (Å²) in [5.74, 6) is 0.192. The minimum absolute atomic E-state index is 0.192. The minimum Gasteiger partial charge on any atom is -0.309 e. The summed E-state index contributed by atoms with van der Waals surface area (Å²) in [6.07, 6.45) is 6.93. The van der Waals surface area contributed by atoms with Crippen LogP contribution >= 0.6 is 0 Å². The summed E-state index contributed by atoms with van der Waals surface area (Å²) in [5, 5.41) is 0. The quantitative estimate of drug-likeness (QED) is 0.497. The van der Waals surface area contributed by atoms with Gasteiger partial charge in [-0.3, -0.25) is 4.79 Å². The smallest absolute Gasteiger partial charge is 0.227 e. The number of carbonyl (C=O) groups excluding carboxylic acids is 1. The first-order chi connectivity index (χ1) is 8.79. The molecule has 0 N–H and O–H groups in total. The zero-order valence-corrected chi connectivity index (χ0v) is 11.3. The van der Waals surface area contributed by atoms with Gasteiger partial charge in [0.1, 0.15) is 0 Å². The topological polar surface area (TPSA) is 20.3 Å². The normalized spacial score (nSPS) is 10.1. The van der Waals surface area contributed by atoms with E-state index in [-0.39, 0.29) is 5.91 Å². The summed E-state index contributed by atoms with van der Waals surface area (Å²) in [6, 6.07) is 9.80. The second kappa shape index (κ2) is 8.51. The molecule has 0 radical (unpaired) electrons. The van der Waals surface area contributed by atoms with Crippen LogP contribution < -0.4 is 4.90 Å². The summed E-state index contributed by atoms with van der Waals surface area (Å²) < 4.78 is 0.